The molecule has 1 saturated heterocycles. The van der Waals surface area contributed by atoms with E-state index in [1.807, 2.05) is 0 Å². The summed E-state index contributed by atoms with van der Waals surface area (Å²) in [4.78, 5) is 2.53. The molecule has 1 aliphatic carbocycles. The van der Waals surface area contributed by atoms with E-state index in [0.29, 0.717) is 6.61 Å². The molecule has 0 atom stereocenters. The smallest absolute Gasteiger partial charge is 0.0499 e. The van der Waals surface area contributed by atoms with Gasteiger partial charge in [0.1, 0.15) is 0 Å². The van der Waals surface area contributed by atoms with Gasteiger partial charge in [-0.3, -0.25) is 0 Å². The molecule has 0 unspecified atom stereocenters. The first-order chi connectivity index (χ1) is 7.35. The Bertz CT molecular complexity index is 184. The van der Waals surface area contributed by atoms with Gasteiger partial charge in [-0.1, -0.05) is 19.3 Å². The van der Waals surface area contributed by atoms with Gasteiger partial charge in [0.05, 0.1) is 0 Å². The lowest BCUT2D eigenvalue weighted by Crippen LogP contribution is -2.49. The van der Waals surface area contributed by atoms with E-state index in [-0.39, 0.29) is 5.41 Å². The molecule has 2 aliphatic rings. The summed E-state index contributed by atoms with van der Waals surface area (Å²) in [6.45, 7) is 6.04. The molecule has 1 saturated carbocycles. The van der Waals surface area contributed by atoms with Crippen molar-refractivity contribution in [2.45, 2.75) is 32.1 Å². The van der Waals surface area contributed by atoms with Crippen molar-refractivity contribution >= 4 is 0 Å². The number of hydrogen-bond donors (Lipinski definition) is 2. The van der Waals surface area contributed by atoms with Gasteiger partial charge in [-0.2, -0.15) is 0 Å². The lowest BCUT2D eigenvalue weighted by atomic mass is 9.74. The molecule has 3 heteroatoms. The van der Waals surface area contributed by atoms with Crippen molar-refractivity contribution in [3.05, 3.63) is 0 Å². The zero-order valence-corrected chi connectivity index (χ0v) is 9.67. The Morgan fingerprint density at radius 1 is 1.07 bits per heavy atom. The Morgan fingerprint density at radius 2 is 1.73 bits per heavy atom. The third kappa shape index (κ3) is 2.92. The zero-order chi connectivity index (χ0) is 10.6. The van der Waals surface area contributed by atoms with Crippen molar-refractivity contribution < 1.29 is 5.11 Å². The van der Waals surface area contributed by atoms with Gasteiger partial charge in [-0.05, 0) is 12.8 Å². The quantitative estimate of drug-likeness (QED) is 0.727. The Labute approximate surface area is 92.8 Å². The van der Waals surface area contributed by atoms with Gasteiger partial charge in [-0.25, -0.2) is 0 Å². The van der Waals surface area contributed by atoms with Gasteiger partial charge < -0.3 is 15.3 Å². The van der Waals surface area contributed by atoms with Crippen molar-refractivity contribution in [3.63, 3.8) is 0 Å². The highest BCUT2D eigenvalue weighted by atomic mass is 16.3. The maximum Gasteiger partial charge on any atom is 0.0499 e. The zero-order valence-electron chi connectivity index (χ0n) is 9.67. The van der Waals surface area contributed by atoms with Crippen LogP contribution in [0.4, 0.5) is 0 Å². The molecule has 2 N–H and O–H groups in total. The molecule has 3 nitrogen and oxygen atoms in total. The molecule has 1 aliphatic heterocycles. The average molecular weight is 212 g/mol. The van der Waals surface area contributed by atoms with Gasteiger partial charge in [0, 0.05) is 44.7 Å². The SMILES string of the molecule is OCC1(CN2CCNCC2)CCCCC1. The second-order valence-corrected chi connectivity index (χ2v) is 5.24. The van der Waals surface area contributed by atoms with Gasteiger partial charge in [0.2, 0.25) is 0 Å². The van der Waals surface area contributed by atoms with E-state index in [1.165, 1.54) is 32.1 Å². The van der Waals surface area contributed by atoms with E-state index in [0.717, 1.165) is 32.7 Å². The van der Waals surface area contributed by atoms with Crippen LogP contribution in [-0.4, -0.2) is 49.3 Å². The van der Waals surface area contributed by atoms with Crippen molar-refractivity contribution in [2.75, 3.05) is 39.3 Å². The number of aliphatic hydroxyl groups excluding tert-OH is 1. The van der Waals surface area contributed by atoms with Gasteiger partial charge in [0.25, 0.3) is 0 Å². The fourth-order valence-corrected chi connectivity index (χ4v) is 3.01. The lowest BCUT2D eigenvalue weighted by Gasteiger charge is -2.41. The van der Waals surface area contributed by atoms with Crippen LogP contribution in [0, 0.1) is 5.41 Å². The fourth-order valence-electron chi connectivity index (χ4n) is 3.01. The number of rotatable bonds is 3. The minimum Gasteiger partial charge on any atom is -0.396 e. The lowest BCUT2D eigenvalue weighted by molar-refractivity contribution is 0.0366. The minimum absolute atomic E-state index is 0.232. The van der Waals surface area contributed by atoms with Gasteiger partial charge in [-0.15, -0.1) is 0 Å². The van der Waals surface area contributed by atoms with Crippen molar-refractivity contribution in [1.82, 2.24) is 10.2 Å². The summed E-state index contributed by atoms with van der Waals surface area (Å²) >= 11 is 0. The first kappa shape index (κ1) is 11.4. The first-order valence-corrected chi connectivity index (χ1v) is 6.39. The fraction of sp³-hybridized carbons (Fsp3) is 1.00. The molecule has 0 aromatic carbocycles. The van der Waals surface area contributed by atoms with Crippen LogP contribution in [0.25, 0.3) is 0 Å². The van der Waals surface area contributed by atoms with Crippen molar-refractivity contribution in [3.8, 4) is 0 Å². The van der Waals surface area contributed by atoms with Gasteiger partial charge >= 0.3 is 0 Å². The highest BCUT2D eigenvalue weighted by molar-refractivity contribution is 4.86. The van der Waals surface area contributed by atoms with Crippen molar-refractivity contribution in [1.29, 1.82) is 0 Å². The normalized spacial score (nSPS) is 27.8. The molecule has 0 radical (unpaired) electrons. The van der Waals surface area contributed by atoms with E-state index in [4.69, 9.17) is 0 Å². The average Bonchev–Trinajstić information content (AvgIpc) is 2.32. The van der Waals surface area contributed by atoms with E-state index in [1.54, 1.807) is 0 Å². The maximum absolute atomic E-state index is 9.63. The van der Waals surface area contributed by atoms with Gasteiger partial charge in [0.15, 0.2) is 0 Å². The van der Waals surface area contributed by atoms with Crippen LogP contribution in [-0.2, 0) is 0 Å². The minimum atomic E-state index is 0.232. The van der Waals surface area contributed by atoms with Crippen LogP contribution in [0.3, 0.4) is 0 Å². The van der Waals surface area contributed by atoms with E-state index >= 15 is 0 Å². The number of aliphatic hydroxyl groups is 1. The second kappa shape index (κ2) is 5.28. The molecule has 0 bridgehead atoms. The maximum atomic E-state index is 9.63. The topological polar surface area (TPSA) is 35.5 Å². The van der Waals surface area contributed by atoms with Crippen LogP contribution < -0.4 is 5.32 Å². The third-order valence-electron chi connectivity index (χ3n) is 4.02. The predicted molar refractivity (Wildman–Crippen MR) is 61.9 cm³/mol. The van der Waals surface area contributed by atoms with Crippen LogP contribution in [0.15, 0.2) is 0 Å². The summed E-state index contributed by atoms with van der Waals surface area (Å²) in [7, 11) is 0. The van der Waals surface area contributed by atoms with E-state index in [2.05, 4.69) is 10.2 Å². The molecule has 0 spiro atoms. The molecule has 15 heavy (non-hydrogen) atoms. The third-order valence-corrected chi connectivity index (χ3v) is 4.02. The highest BCUT2D eigenvalue weighted by Crippen LogP contribution is 2.36. The second-order valence-electron chi connectivity index (χ2n) is 5.24. The molecule has 2 fully saturated rings. The summed E-state index contributed by atoms with van der Waals surface area (Å²) in [6, 6.07) is 0. The van der Waals surface area contributed by atoms with Crippen LogP contribution in [0.2, 0.25) is 0 Å². The number of nitrogens with one attached hydrogen (secondary N) is 1. The van der Waals surface area contributed by atoms with Crippen LogP contribution in [0.5, 0.6) is 0 Å². The highest BCUT2D eigenvalue weighted by Gasteiger charge is 2.33. The number of nitrogens with zero attached hydrogens (tertiary/aromatic N) is 1. The van der Waals surface area contributed by atoms with Crippen LogP contribution >= 0.6 is 0 Å². The monoisotopic (exact) mass is 212 g/mol. The number of hydrogen-bond acceptors (Lipinski definition) is 3. The predicted octanol–water partition coefficient (Wildman–Crippen LogP) is 0.834. The Balaban J connectivity index is 1.87. The Hall–Kier alpha value is -0.120. The molecule has 2 rings (SSSR count). The number of piperazine rings is 1. The standard InChI is InChI=1S/C12H24N2O/c15-11-12(4-2-1-3-5-12)10-14-8-6-13-7-9-14/h13,15H,1-11H2. The molecule has 88 valence electrons. The van der Waals surface area contributed by atoms with Crippen molar-refractivity contribution in [2.24, 2.45) is 5.41 Å². The van der Waals surface area contributed by atoms with E-state index < -0.39 is 0 Å². The Morgan fingerprint density at radius 3 is 2.33 bits per heavy atom. The molecular formula is C12H24N2O. The summed E-state index contributed by atoms with van der Waals surface area (Å²) in [6.07, 6.45) is 6.45. The Kier molecular flexibility index (Phi) is 4.00. The molecule has 0 amide bonds. The summed E-state index contributed by atoms with van der Waals surface area (Å²) in [5.41, 5.74) is 0.232. The first-order valence-electron chi connectivity index (χ1n) is 6.39. The van der Waals surface area contributed by atoms with E-state index in [9.17, 15) is 5.11 Å². The van der Waals surface area contributed by atoms with Crippen LogP contribution in [0.1, 0.15) is 32.1 Å². The summed E-state index contributed by atoms with van der Waals surface area (Å²) in [5, 5.41) is 13.0. The molecule has 1 heterocycles. The molecular weight excluding hydrogens is 188 g/mol. The largest absolute Gasteiger partial charge is 0.396 e. The summed E-state index contributed by atoms with van der Waals surface area (Å²) in [5.74, 6) is 0. The molecule has 0 aromatic rings. The molecule has 0 aromatic heterocycles. The summed E-state index contributed by atoms with van der Waals surface area (Å²) < 4.78 is 0.